The molecule has 0 spiro atoms. The highest BCUT2D eigenvalue weighted by Gasteiger charge is 2.61. The van der Waals surface area contributed by atoms with Crippen molar-refractivity contribution in [3.05, 3.63) is 65.5 Å². The minimum absolute atomic E-state index is 0.144. The van der Waals surface area contributed by atoms with Crippen molar-refractivity contribution in [1.82, 2.24) is 0 Å². The monoisotopic (exact) mass is 421 g/mol. The number of carbonyl (C=O) groups excluding carboxylic acids is 4. The highest BCUT2D eigenvalue weighted by Crippen LogP contribution is 2.56. The maximum absolute atomic E-state index is 13.0. The number of carbonyl (C=O) groups is 4. The van der Waals surface area contributed by atoms with Crippen molar-refractivity contribution < 1.29 is 28.3 Å². The minimum atomic E-state index is -0.739. The summed E-state index contributed by atoms with van der Waals surface area (Å²) >= 11 is 0. The Hall–Kier alpha value is -3.35. The zero-order valence-electron chi connectivity index (χ0n) is 16.6. The van der Waals surface area contributed by atoms with Crippen LogP contribution < -0.4 is 4.90 Å². The van der Waals surface area contributed by atoms with E-state index in [9.17, 15) is 23.6 Å². The molecule has 31 heavy (non-hydrogen) atoms. The predicted octanol–water partition coefficient (Wildman–Crippen LogP) is 3.40. The largest absolute Gasteiger partial charge is 0.454 e. The Morgan fingerprint density at radius 1 is 0.935 bits per heavy atom. The SMILES string of the molecule is O=C(COC(=O)c1cccc(N2C(=O)[C@H]3[C@@H]4CC[C@@H](C4)[C@@H]3C2=O)c1)c1ccc(F)cc1. The van der Waals surface area contributed by atoms with Gasteiger partial charge in [-0.15, -0.1) is 0 Å². The number of hydrogen-bond donors (Lipinski definition) is 0. The third-order valence-electron chi connectivity index (χ3n) is 6.77. The zero-order valence-corrected chi connectivity index (χ0v) is 16.6. The van der Waals surface area contributed by atoms with Gasteiger partial charge in [0.15, 0.2) is 12.4 Å². The molecule has 0 aromatic heterocycles. The van der Waals surface area contributed by atoms with E-state index < -0.39 is 24.2 Å². The van der Waals surface area contributed by atoms with E-state index in [1.807, 2.05) is 0 Å². The Bertz CT molecular complexity index is 1070. The molecule has 3 fully saturated rings. The fraction of sp³-hybridized carbons (Fsp3) is 0.333. The molecule has 4 atom stereocenters. The van der Waals surface area contributed by atoms with Crippen LogP contribution in [0.25, 0.3) is 0 Å². The van der Waals surface area contributed by atoms with E-state index in [2.05, 4.69) is 0 Å². The molecule has 2 aliphatic carbocycles. The third kappa shape index (κ3) is 3.24. The normalized spacial score (nSPS) is 26.3. The van der Waals surface area contributed by atoms with Crippen molar-refractivity contribution in [3.63, 3.8) is 0 Å². The molecule has 6 nitrogen and oxygen atoms in total. The van der Waals surface area contributed by atoms with Gasteiger partial charge in [-0.1, -0.05) is 6.07 Å². The van der Waals surface area contributed by atoms with Gasteiger partial charge in [0.25, 0.3) is 0 Å². The van der Waals surface area contributed by atoms with Crippen molar-refractivity contribution in [2.45, 2.75) is 19.3 Å². The molecule has 5 rings (SSSR count). The van der Waals surface area contributed by atoms with E-state index in [0.717, 1.165) is 31.4 Å². The summed E-state index contributed by atoms with van der Waals surface area (Å²) in [4.78, 5) is 51.8. The van der Waals surface area contributed by atoms with Crippen LogP contribution >= 0.6 is 0 Å². The highest BCUT2D eigenvalue weighted by molar-refractivity contribution is 6.22. The number of hydrogen-bond acceptors (Lipinski definition) is 5. The Kier molecular flexibility index (Phi) is 4.68. The number of ether oxygens (including phenoxy) is 1. The van der Waals surface area contributed by atoms with Gasteiger partial charge in [0.1, 0.15) is 5.82 Å². The van der Waals surface area contributed by atoms with Crippen molar-refractivity contribution in [1.29, 1.82) is 0 Å². The van der Waals surface area contributed by atoms with Gasteiger partial charge in [-0.3, -0.25) is 19.3 Å². The summed E-state index contributed by atoms with van der Waals surface area (Å²) in [5.74, 6) is -1.95. The van der Waals surface area contributed by atoms with Crippen molar-refractivity contribution >= 4 is 29.3 Å². The minimum Gasteiger partial charge on any atom is -0.454 e. The second-order valence-corrected chi connectivity index (χ2v) is 8.45. The second kappa shape index (κ2) is 7.41. The maximum atomic E-state index is 13.0. The van der Waals surface area contributed by atoms with Crippen LogP contribution in [0.4, 0.5) is 10.1 Å². The number of halogens is 1. The van der Waals surface area contributed by atoms with E-state index in [4.69, 9.17) is 4.74 Å². The van der Waals surface area contributed by atoms with E-state index in [1.54, 1.807) is 12.1 Å². The summed E-state index contributed by atoms with van der Waals surface area (Å²) in [6.45, 7) is -0.496. The molecule has 0 unspecified atom stereocenters. The first-order valence-corrected chi connectivity index (χ1v) is 10.4. The lowest BCUT2D eigenvalue weighted by Crippen LogP contribution is -2.32. The molecule has 0 radical (unpaired) electrons. The van der Waals surface area contributed by atoms with E-state index >= 15 is 0 Å². The van der Waals surface area contributed by atoms with Gasteiger partial charge in [-0.25, -0.2) is 9.18 Å². The first kappa shape index (κ1) is 19.6. The van der Waals surface area contributed by atoms with Gasteiger partial charge in [0.05, 0.1) is 23.1 Å². The van der Waals surface area contributed by atoms with Crippen molar-refractivity contribution in [2.75, 3.05) is 11.5 Å². The molecule has 158 valence electrons. The highest BCUT2D eigenvalue weighted by atomic mass is 19.1. The predicted molar refractivity (Wildman–Crippen MR) is 108 cm³/mol. The standard InChI is InChI=1S/C24H20FNO5/c25-17-8-6-13(7-9-17)19(27)12-31-24(30)16-2-1-3-18(11-16)26-22(28)20-14-4-5-15(10-14)21(20)23(26)29/h1-3,6-9,11,14-15,20-21H,4-5,10,12H2/t14-,15+,20-,21-/m0/s1. The fourth-order valence-electron chi connectivity index (χ4n) is 5.37. The third-order valence-corrected chi connectivity index (χ3v) is 6.77. The maximum Gasteiger partial charge on any atom is 0.338 e. The van der Waals surface area contributed by atoms with Gasteiger partial charge >= 0.3 is 5.97 Å². The molecule has 2 amide bonds. The Morgan fingerprint density at radius 3 is 2.23 bits per heavy atom. The molecule has 2 aromatic carbocycles. The van der Waals surface area contributed by atoms with Gasteiger partial charge in [-0.2, -0.15) is 0 Å². The molecular formula is C24H20FNO5. The van der Waals surface area contributed by atoms with E-state index in [1.165, 1.54) is 29.2 Å². The van der Waals surface area contributed by atoms with Crippen LogP contribution in [0.15, 0.2) is 48.5 Å². The van der Waals surface area contributed by atoms with Crippen molar-refractivity contribution in [3.8, 4) is 0 Å². The number of rotatable bonds is 5. The lowest BCUT2D eigenvalue weighted by Gasteiger charge is -2.19. The molecule has 1 aliphatic heterocycles. The smallest absolute Gasteiger partial charge is 0.338 e. The molecule has 1 saturated heterocycles. The van der Waals surface area contributed by atoms with Crippen LogP contribution in [0.2, 0.25) is 0 Å². The van der Waals surface area contributed by atoms with Gasteiger partial charge in [-0.05, 0) is 73.6 Å². The molecular weight excluding hydrogens is 401 g/mol. The second-order valence-electron chi connectivity index (χ2n) is 8.45. The number of amides is 2. The molecule has 3 aliphatic rings. The van der Waals surface area contributed by atoms with Crippen LogP contribution in [0.1, 0.15) is 40.0 Å². The average Bonchev–Trinajstić information content (AvgIpc) is 3.46. The van der Waals surface area contributed by atoms with Crippen LogP contribution in [0.3, 0.4) is 0 Å². The number of nitrogens with zero attached hydrogens (tertiary/aromatic N) is 1. The summed E-state index contributed by atoms with van der Waals surface area (Å²) in [6, 6.07) is 11.1. The molecule has 7 heteroatoms. The van der Waals surface area contributed by atoms with Crippen LogP contribution in [0.5, 0.6) is 0 Å². The Balaban J connectivity index is 1.29. The number of ketones is 1. The molecule has 2 saturated carbocycles. The quantitative estimate of drug-likeness (QED) is 0.420. The number of fused-ring (bicyclic) bond motifs is 5. The van der Waals surface area contributed by atoms with Crippen molar-refractivity contribution in [2.24, 2.45) is 23.7 Å². The average molecular weight is 421 g/mol. The summed E-state index contributed by atoms with van der Waals surface area (Å²) < 4.78 is 18.1. The summed E-state index contributed by atoms with van der Waals surface area (Å²) in [7, 11) is 0. The first-order valence-electron chi connectivity index (χ1n) is 10.4. The number of Topliss-reactive ketones (excluding diaryl/α,β-unsaturated/α-hetero) is 1. The van der Waals surface area contributed by atoms with E-state index in [-0.39, 0.29) is 46.6 Å². The molecule has 1 heterocycles. The summed E-state index contributed by atoms with van der Waals surface area (Å²) in [5.41, 5.74) is 0.727. The summed E-state index contributed by atoms with van der Waals surface area (Å²) in [6.07, 6.45) is 2.94. The van der Waals surface area contributed by atoms with Gasteiger partial charge in [0.2, 0.25) is 11.8 Å². The van der Waals surface area contributed by atoms with Crippen LogP contribution in [0, 0.1) is 29.5 Å². The zero-order chi connectivity index (χ0) is 21.7. The Morgan fingerprint density at radius 2 is 1.58 bits per heavy atom. The van der Waals surface area contributed by atoms with Gasteiger partial charge in [0, 0.05) is 5.56 Å². The number of esters is 1. The van der Waals surface area contributed by atoms with Gasteiger partial charge < -0.3 is 4.74 Å². The first-order chi connectivity index (χ1) is 14.9. The molecule has 0 N–H and O–H groups in total. The Labute approximate surface area is 178 Å². The summed E-state index contributed by atoms with van der Waals surface area (Å²) in [5, 5.41) is 0. The topological polar surface area (TPSA) is 80.8 Å². The molecule has 2 aromatic rings. The number of benzene rings is 2. The lowest BCUT2D eigenvalue weighted by atomic mass is 9.81. The lowest BCUT2D eigenvalue weighted by molar-refractivity contribution is -0.123. The molecule has 2 bridgehead atoms. The number of imide groups is 1. The van der Waals surface area contributed by atoms with E-state index in [0.29, 0.717) is 5.69 Å². The van der Waals surface area contributed by atoms with Crippen LogP contribution in [-0.4, -0.2) is 30.2 Å². The number of anilines is 1. The van der Waals surface area contributed by atoms with Crippen LogP contribution in [-0.2, 0) is 14.3 Å². The fourth-order valence-corrected chi connectivity index (χ4v) is 5.37.